The number of nitrogens with zero attached hydrogens (tertiary/aromatic N) is 2. The molecule has 4 rings (SSSR count). The lowest BCUT2D eigenvalue weighted by Gasteiger charge is -2.38. The molecule has 2 amide bonds. The average molecular weight is 591 g/mol. The quantitative estimate of drug-likeness (QED) is 0.173. The summed E-state index contributed by atoms with van der Waals surface area (Å²) in [6, 6.07) is 5.30. The Morgan fingerprint density at radius 2 is 2.03 bits per heavy atom. The monoisotopic (exact) mass is 590 g/mol. The molecule has 1 spiro atoms. The number of esters is 1. The molecular weight excluding hydrogens is 556 g/mol. The van der Waals surface area contributed by atoms with E-state index in [0.717, 1.165) is 0 Å². The van der Waals surface area contributed by atoms with E-state index in [0.29, 0.717) is 30.7 Å². The zero-order chi connectivity index (χ0) is 27.6. The van der Waals surface area contributed by atoms with Crippen molar-refractivity contribution in [1.29, 1.82) is 0 Å². The molecule has 0 aliphatic carbocycles. The van der Waals surface area contributed by atoms with Crippen molar-refractivity contribution in [2.75, 3.05) is 31.8 Å². The van der Waals surface area contributed by atoms with Crippen LogP contribution in [-0.2, 0) is 23.9 Å². The SMILES string of the molecule is C=CCCCOC(=O)[C@H]1[C@H]2C(=O)N([C@H](C)CO)C(C(=O)N(CC=C)c3ccc(OC)cc3)C23CC(Br)[C@@H]1O3. The number of carbonyl (C=O) groups is 3. The Balaban J connectivity index is 1.73. The Morgan fingerprint density at radius 1 is 1.32 bits per heavy atom. The van der Waals surface area contributed by atoms with E-state index in [-0.39, 0.29) is 36.4 Å². The standard InChI is InChI=1S/C28H35BrN2O7/c1-5-7-8-14-37-27(35)21-22-25(33)31(17(3)16-32)24(28(22)15-20(29)23(21)38-28)26(34)30(13-6-2)18-9-11-19(36-4)12-10-18/h5-6,9-12,17,20-24,32H,1-2,7-8,13-16H2,3-4H3/t17-,20?,21+,22+,23+,24?,28?/m1/s1. The molecule has 206 valence electrons. The summed E-state index contributed by atoms with van der Waals surface area (Å²) in [4.78, 5) is 44.3. The summed E-state index contributed by atoms with van der Waals surface area (Å²) in [6.07, 6.45) is 4.45. The molecule has 10 heteroatoms. The first-order chi connectivity index (χ1) is 18.2. The van der Waals surface area contributed by atoms with Crippen molar-refractivity contribution in [3.63, 3.8) is 0 Å². The first-order valence-electron chi connectivity index (χ1n) is 12.8. The minimum absolute atomic E-state index is 0.188. The van der Waals surface area contributed by atoms with Gasteiger partial charge in [0.2, 0.25) is 5.91 Å². The number of benzene rings is 1. The number of hydrogen-bond acceptors (Lipinski definition) is 7. The van der Waals surface area contributed by atoms with Gasteiger partial charge in [-0.25, -0.2) is 0 Å². The Morgan fingerprint density at radius 3 is 2.63 bits per heavy atom. The molecule has 1 aromatic rings. The zero-order valence-electron chi connectivity index (χ0n) is 21.8. The van der Waals surface area contributed by atoms with Crippen LogP contribution >= 0.6 is 15.9 Å². The number of allylic oxidation sites excluding steroid dienone is 1. The van der Waals surface area contributed by atoms with Crippen molar-refractivity contribution < 1.29 is 33.7 Å². The molecule has 3 fully saturated rings. The van der Waals surface area contributed by atoms with Gasteiger partial charge in [-0.15, -0.1) is 13.2 Å². The normalized spacial score (nSPS) is 30.1. The molecule has 7 atom stereocenters. The topological polar surface area (TPSA) is 106 Å². The van der Waals surface area contributed by atoms with Gasteiger partial charge in [-0.05, 0) is 50.5 Å². The van der Waals surface area contributed by atoms with Gasteiger partial charge in [0.15, 0.2) is 0 Å². The molecule has 0 aromatic heterocycles. The van der Waals surface area contributed by atoms with E-state index in [1.807, 2.05) is 0 Å². The molecule has 2 bridgehead atoms. The van der Waals surface area contributed by atoms with Gasteiger partial charge in [0.05, 0.1) is 44.3 Å². The lowest BCUT2D eigenvalue weighted by atomic mass is 9.70. The number of likely N-dealkylation sites (tertiary alicyclic amines) is 1. The highest BCUT2D eigenvalue weighted by Gasteiger charge is 2.77. The number of carbonyl (C=O) groups excluding carboxylic acids is 3. The second-order valence-corrected chi connectivity index (χ2v) is 11.2. The number of amides is 2. The molecule has 3 heterocycles. The molecule has 0 radical (unpaired) electrons. The van der Waals surface area contributed by atoms with Crippen LogP contribution in [0.25, 0.3) is 0 Å². The highest BCUT2D eigenvalue weighted by atomic mass is 79.9. The highest BCUT2D eigenvalue weighted by molar-refractivity contribution is 9.09. The van der Waals surface area contributed by atoms with E-state index in [4.69, 9.17) is 14.2 Å². The van der Waals surface area contributed by atoms with E-state index in [1.54, 1.807) is 55.4 Å². The van der Waals surface area contributed by atoms with Crippen LogP contribution < -0.4 is 9.64 Å². The molecule has 0 saturated carbocycles. The van der Waals surface area contributed by atoms with E-state index in [1.165, 1.54) is 4.90 Å². The molecule has 1 aromatic carbocycles. The van der Waals surface area contributed by atoms with E-state index in [2.05, 4.69) is 29.1 Å². The third-order valence-electron chi connectivity index (χ3n) is 7.73. The maximum absolute atomic E-state index is 14.4. The zero-order valence-corrected chi connectivity index (χ0v) is 23.3. The number of unbranched alkanes of at least 4 members (excludes halogenated alkanes) is 1. The number of aliphatic hydroxyl groups excluding tert-OH is 1. The minimum Gasteiger partial charge on any atom is -0.497 e. The smallest absolute Gasteiger partial charge is 0.312 e. The molecule has 3 aliphatic heterocycles. The maximum Gasteiger partial charge on any atom is 0.312 e. The first-order valence-corrected chi connectivity index (χ1v) is 13.8. The average Bonchev–Trinajstić information content (AvgIpc) is 3.52. The molecule has 1 N–H and O–H groups in total. The van der Waals surface area contributed by atoms with Crippen molar-refractivity contribution >= 4 is 39.4 Å². The fraction of sp³-hybridized carbons (Fsp3) is 0.536. The summed E-state index contributed by atoms with van der Waals surface area (Å²) < 4.78 is 17.3. The number of anilines is 1. The van der Waals surface area contributed by atoms with Crippen LogP contribution in [0.1, 0.15) is 26.2 Å². The van der Waals surface area contributed by atoms with Crippen LogP contribution in [0.5, 0.6) is 5.75 Å². The van der Waals surface area contributed by atoms with Gasteiger partial charge in [-0.3, -0.25) is 14.4 Å². The number of halogens is 1. The Kier molecular flexibility index (Phi) is 8.64. The minimum atomic E-state index is -1.24. The predicted octanol–water partition coefficient (Wildman–Crippen LogP) is 2.85. The number of hydrogen-bond donors (Lipinski definition) is 1. The molecule has 3 unspecified atom stereocenters. The van der Waals surface area contributed by atoms with Gasteiger partial charge >= 0.3 is 5.97 Å². The van der Waals surface area contributed by atoms with E-state index >= 15 is 0 Å². The van der Waals surface area contributed by atoms with E-state index in [9.17, 15) is 19.5 Å². The molecular formula is C28H35BrN2O7. The maximum atomic E-state index is 14.4. The molecule has 9 nitrogen and oxygen atoms in total. The first kappa shape index (κ1) is 28.3. The van der Waals surface area contributed by atoms with Gasteiger partial charge in [-0.1, -0.05) is 28.1 Å². The van der Waals surface area contributed by atoms with Crippen molar-refractivity contribution in [1.82, 2.24) is 4.90 Å². The van der Waals surface area contributed by atoms with Crippen LogP contribution in [0.15, 0.2) is 49.6 Å². The number of ether oxygens (including phenoxy) is 3. The summed E-state index contributed by atoms with van der Waals surface area (Å²) in [6.45, 7) is 9.22. The number of alkyl halides is 1. The number of aliphatic hydroxyl groups is 1. The number of rotatable bonds is 12. The lowest BCUT2D eigenvalue weighted by Crippen LogP contribution is -2.58. The van der Waals surface area contributed by atoms with Gasteiger partial charge in [0.1, 0.15) is 17.4 Å². The predicted molar refractivity (Wildman–Crippen MR) is 145 cm³/mol. The fourth-order valence-corrected chi connectivity index (χ4v) is 6.98. The summed E-state index contributed by atoms with van der Waals surface area (Å²) in [7, 11) is 1.56. The van der Waals surface area contributed by atoms with Crippen molar-refractivity contribution in [3.05, 3.63) is 49.6 Å². The van der Waals surface area contributed by atoms with Gasteiger partial charge in [0.25, 0.3) is 5.91 Å². The summed E-state index contributed by atoms with van der Waals surface area (Å²) in [5.74, 6) is -2.37. The van der Waals surface area contributed by atoms with Gasteiger partial charge in [0, 0.05) is 17.1 Å². The second-order valence-electron chi connectivity index (χ2n) is 9.97. The van der Waals surface area contributed by atoms with E-state index < -0.39 is 41.6 Å². The molecule has 3 aliphatic rings. The molecule has 3 saturated heterocycles. The number of fused-ring (bicyclic) bond motifs is 1. The fourth-order valence-electron chi connectivity index (χ4n) is 6.04. The summed E-state index contributed by atoms with van der Waals surface area (Å²) in [5, 5.41) is 10.1. The second kappa shape index (κ2) is 11.6. The Bertz CT molecular complexity index is 1080. The van der Waals surface area contributed by atoms with Crippen LogP contribution in [-0.4, -0.2) is 83.3 Å². The van der Waals surface area contributed by atoms with Gasteiger partial charge in [-0.2, -0.15) is 0 Å². The third-order valence-corrected chi connectivity index (χ3v) is 8.58. The summed E-state index contributed by atoms with van der Waals surface area (Å²) in [5.41, 5.74) is -0.645. The Labute approximate surface area is 231 Å². The highest BCUT2D eigenvalue weighted by Crippen LogP contribution is 2.60. The van der Waals surface area contributed by atoms with Crippen LogP contribution in [0.4, 0.5) is 5.69 Å². The summed E-state index contributed by atoms with van der Waals surface area (Å²) >= 11 is 3.65. The number of methoxy groups -OCH3 is 1. The molecule has 38 heavy (non-hydrogen) atoms. The van der Waals surface area contributed by atoms with Crippen LogP contribution in [0, 0.1) is 11.8 Å². The van der Waals surface area contributed by atoms with Crippen molar-refractivity contribution in [3.8, 4) is 5.75 Å². The van der Waals surface area contributed by atoms with Crippen LogP contribution in [0.2, 0.25) is 0 Å². The van der Waals surface area contributed by atoms with Crippen molar-refractivity contribution in [2.45, 2.75) is 54.8 Å². The Hall–Kier alpha value is -2.69. The van der Waals surface area contributed by atoms with Gasteiger partial charge < -0.3 is 29.1 Å². The van der Waals surface area contributed by atoms with Crippen LogP contribution in [0.3, 0.4) is 0 Å². The third kappa shape index (κ3) is 4.67. The van der Waals surface area contributed by atoms with Crippen molar-refractivity contribution in [2.24, 2.45) is 11.8 Å². The largest absolute Gasteiger partial charge is 0.497 e. The lowest BCUT2D eigenvalue weighted by molar-refractivity contribution is -0.155.